The Morgan fingerprint density at radius 1 is 1.32 bits per heavy atom. The number of guanidine groups is 1. The molecule has 122 valence electrons. The monoisotopic (exact) mass is 311 g/mol. The Morgan fingerprint density at radius 3 is 2.86 bits per heavy atom. The molecule has 0 aromatic heterocycles. The Kier molecular flexibility index (Phi) is 5.98. The van der Waals surface area contributed by atoms with E-state index in [0.29, 0.717) is 12.6 Å². The molecule has 0 aliphatic carbocycles. The van der Waals surface area contributed by atoms with Crippen LogP contribution in [0.15, 0.2) is 23.2 Å². The third-order valence-electron chi connectivity index (χ3n) is 3.51. The van der Waals surface area contributed by atoms with Crippen LogP contribution in [-0.2, 0) is 0 Å². The predicted octanol–water partition coefficient (Wildman–Crippen LogP) is 3.95. The lowest BCUT2D eigenvalue weighted by atomic mass is 10.0. The molecule has 1 atom stereocenters. The summed E-state index contributed by atoms with van der Waals surface area (Å²) in [5.41, 5.74) is 1.86. The number of nitrogens with zero attached hydrogens (tertiary/aromatic N) is 1. The number of hydrogen-bond acceptors (Lipinski definition) is 2. The Labute approximate surface area is 130 Å². The van der Waals surface area contributed by atoms with Crippen molar-refractivity contribution >= 4 is 11.6 Å². The average Bonchev–Trinajstić information content (AvgIpc) is 2.50. The lowest BCUT2D eigenvalue weighted by Crippen LogP contribution is -2.38. The highest BCUT2D eigenvalue weighted by atomic mass is 19.3. The summed E-state index contributed by atoms with van der Waals surface area (Å²) in [5.74, 6) is 1.11. The molecule has 1 aromatic rings. The maximum atomic E-state index is 12.3. The molecule has 4 nitrogen and oxygen atoms in total. The maximum absolute atomic E-state index is 12.3. The normalized spacial score (nSPS) is 18.8. The zero-order valence-corrected chi connectivity index (χ0v) is 13.0. The molecule has 0 saturated heterocycles. The summed E-state index contributed by atoms with van der Waals surface area (Å²) in [6.45, 7) is 4.25. The van der Waals surface area contributed by atoms with Gasteiger partial charge in [-0.2, -0.15) is 0 Å². The van der Waals surface area contributed by atoms with Gasteiger partial charge in [-0.25, -0.2) is 13.8 Å². The van der Waals surface area contributed by atoms with Gasteiger partial charge < -0.3 is 15.4 Å². The van der Waals surface area contributed by atoms with Crippen LogP contribution in [0.25, 0.3) is 0 Å². The molecule has 2 N–H and O–H groups in total. The van der Waals surface area contributed by atoms with Crippen LogP contribution >= 0.6 is 0 Å². The molecule has 0 radical (unpaired) electrons. The molecule has 1 aliphatic heterocycles. The van der Waals surface area contributed by atoms with Gasteiger partial charge in [-0.15, -0.1) is 0 Å². The van der Waals surface area contributed by atoms with Crippen molar-refractivity contribution in [1.82, 2.24) is 5.32 Å². The van der Waals surface area contributed by atoms with E-state index in [1.54, 1.807) is 0 Å². The van der Waals surface area contributed by atoms with Gasteiger partial charge in [0, 0.05) is 5.56 Å². The van der Waals surface area contributed by atoms with Crippen LogP contribution in [-0.4, -0.2) is 25.5 Å². The lowest BCUT2D eigenvalue weighted by Gasteiger charge is -2.28. The summed E-state index contributed by atoms with van der Waals surface area (Å²) in [6, 6.07) is 5.81. The van der Waals surface area contributed by atoms with Crippen molar-refractivity contribution in [3.05, 3.63) is 23.8 Å². The minimum atomic E-state index is -2.45. The lowest BCUT2D eigenvalue weighted by molar-refractivity contribution is 0.158. The number of unbranched alkanes of at least 4 members (excludes halogenated alkanes) is 2. The number of anilines is 1. The average molecular weight is 311 g/mol. The number of fused-ring (bicyclic) bond motifs is 1. The largest absolute Gasteiger partial charge is 0.491 e. The van der Waals surface area contributed by atoms with Crippen LogP contribution in [0.5, 0.6) is 5.75 Å². The van der Waals surface area contributed by atoms with Gasteiger partial charge in [0.15, 0.2) is 5.96 Å². The fourth-order valence-corrected chi connectivity index (χ4v) is 2.38. The number of nitrogens with one attached hydrogen (secondary N) is 2. The van der Waals surface area contributed by atoms with Gasteiger partial charge in [0.05, 0.1) is 18.3 Å². The Bertz CT molecular complexity index is 520. The van der Waals surface area contributed by atoms with Gasteiger partial charge in [0.2, 0.25) is 0 Å². The SMILES string of the molecule is CCCCCOc1cccc2c1NC(=NCC(F)F)NC2C. The number of para-hydroxylation sites is 1. The highest BCUT2D eigenvalue weighted by Gasteiger charge is 2.22. The molecule has 0 bridgehead atoms. The van der Waals surface area contributed by atoms with Crippen molar-refractivity contribution in [3.8, 4) is 5.75 Å². The zero-order chi connectivity index (χ0) is 15.9. The first-order chi connectivity index (χ1) is 10.6. The molecule has 0 amide bonds. The molecule has 0 fully saturated rings. The highest BCUT2D eigenvalue weighted by molar-refractivity contribution is 5.98. The van der Waals surface area contributed by atoms with Gasteiger partial charge in [-0.3, -0.25) is 0 Å². The second kappa shape index (κ2) is 7.96. The van der Waals surface area contributed by atoms with Crippen molar-refractivity contribution in [2.45, 2.75) is 45.6 Å². The van der Waals surface area contributed by atoms with Crippen LogP contribution in [0.3, 0.4) is 0 Å². The van der Waals surface area contributed by atoms with Gasteiger partial charge in [-0.05, 0) is 19.4 Å². The van der Waals surface area contributed by atoms with Crippen LogP contribution < -0.4 is 15.4 Å². The summed E-state index contributed by atoms with van der Waals surface area (Å²) >= 11 is 0. The molecular formula is C16H23F2N3O. The van der Waals surface area contributed by atoms with E-state index in [1.807, 2.05) is 25.1 Å². The third-order valence-corrected chi connectivity index (χ3v) is 3.51. The van der Waals surface area contributed by atoms with E-state index in [9.17, 15) is 8.78 Å². The summed E-state index contributed by atoms with van der Waals surface area (Å²) in [4.78, 5) is 3.87. The van der Waals surface area contributed by atoms with E-state index < -0.39 is 13.0 Å². The summed E-state index contributed by atoms with van der Waals surface area (Å²) in [6.07, 6.45) is 0.815. The third kappa shape index (κ3) is 4.32. The molecule has 0 saturated carbocycles. The van der Waals surface area contributed by atoms with E-state index >= 15 is 0 Å². The summed E-state index contributed by atoms with van der Waals surface area (Å²) in [5, 5.41) is 6.15. The molecule has 1 aliphatic rings. The Morgan fingerprint density at radius 2 is 2.14 bits per heavy atom. The number of alkyl halides is 2. The second-order valence-electron chi connectivity index (χ2n) is 5.35. The standard InChI is InChI=1S/C16H23F2N3O/c1-3-4-5-9-22-13-8-6-7-12-11(2)20-16(21-15(12)13)19-10-14(17)18/h6-8,11,14H,3-5,9-10H2,1-2H3,(H2,19,20,21). The quantitative estimate of drug-likeness (QED) is 0.749. The van der Waals surface area contributed by atoms with Gasteiger partial charge in [0.25, 0.3) is 6.43 Å². The van der Waals surface area contributed by atoms with Crippen molar-refractivity contribution < 1.29 is 13.5 Å². The zero-order valence-electron chi connectivity index (χ0n) is 13.0. The first kappa shape index (κ1) is 16.5. The van der Waals surface area contributed by atoms with Gasteiger partial charge in [-0.1, -0.05) is 31.9 Å². The topological polar surface area (TPSA) is 45.6 Å². The van der Waals surface area contributed by atoms with E-state index in [-0.39, 0.29) is 6.04 Å². The molecule has 1 unspecified atom stereocenters. The van der Waals surface area contributed by atoms with Gasteiger partial charge >= 0.3 is 0 Å². The van der Waals surface area contributed by atoms with Crippen LogP contribution in [0, 0.1) is 0 Å². The molecular weight excluding hydrogens is 288 g/mol. The minimum absolute atomic E-state index is 0.00753. The van der Waals surface area contributed by atoms with E-state index in [0.717, 1.165) is 36.3 Å². The number of halogens is 2. The molecule has 22 heavy (non-hydrogen) atoms. The smallest absolute Gasteiger partial charge is 0.257 e. The minimum Gasteiger partial charge on any atom is -0.491 e. The highest BCUT2D eigenvalue weighted by Crippen LogP contribution is 2.35. The number of ether oxygens (including phenoxy) is 1. The van der Waals surface area contributed by atoms with E-state index in [2.05, 4.69) is 22.5 Å². The summed E-state index contributed by atoms with van der Waals surface area (Å²) in [7, 11) is 0. The van der Waals surface area contributed by atoms with Gasteiger partial charge in [0.1, 0.15) is 12.3 Å². The van der Waals surface area contributed by atoms with Crippen molar-refractivity contribution in [3.63, 3.8) is 0 Å². The molecule has 6 heteroatoms. The first-order valence-electron chi connectivity index (χ1n) is 7.73. The number of aliphatic imine (C=N–C) groups is 1. The number of benzene rings is 1. The van der Waals surface area contributed by atoms with Crippen molar-refractivity contribution in [1.29, 1.82) is 0 Å². The Balaban J connectivity index is 2.12. The van der Waals surface area contributed by atoms with E-state index in [4.69, 9.17) is 4.74 Å². The summed E-state index contributed by atoms with van der Waals surface area (Å²) < 4.78 is 30.5. The van der Waals surface area contributed by atoms with Crippen LogP contribution in [0.4, 0.5) is 14.5 Å². The predicted molar refractivity (Wildman–Crippen MR) is 84.9 cm³/mol. The molecule has 0 spiro atoms. The molecule has 1 heterocycles. The fraction of sp³-hybridized carbons (Fsp3) is 0.562. The maximum Gasteiger partial charge on any atom is 0.257 e. The van der Waals surface area contributed by atoms with Crippen molar-refractivity contribution in [2.75, 3.05) is 18.5 Å². The molecule has 1 aromatic carbocycles. The van der Waals surface area contributed by atoms with Crippen LogP contribution in [0.1, 0.15) is 44.7 Å². The van der Waals surface area contributed by atoms with E-state index in [1.165, 1.54) is 0 Å². The number of rotatable bonds is 7. The first-order valence-corrected chi connectivity index (χ1v) is 7.73. The second-order valence-corrected chi connectivity index (χ2v) is 5.35. The van der Waals surface area contributed by atoms with Crippen molar-refractivity contribution in [2.24, 2.45) is 4.99 Å². The number of hydrogen-bond donors (Lipinski definition) is 2. The Hall–Kier alpha value is -1.85. The molecule has 2 rings (SSSR count). The van der Waals surface area contributed by atoms with Crippen LogP contribution in [0.2, 0.25) is 0 Å². The fourth-order valence-electron chi connectivity index (χ4n) is 2.38.